The molecule has 0 saturated heterocycles. The summed E-state index contributed by atoms with van der Waals surface area (Å²) in [6, 6.07) is 0. The highest BCUT2D eigenvalue weighted by Crippen LogP contribution is 2.54. The third-order valence-electron chi connectivity index (χ3n) is 3.93. The van der Waals surface area contributed by atoms with Gasteiger partial charge in [-0.05, 0) is 49.9 Å². The number of aliphatic hydroxyl groups is 1. The highest BCUT2D eigenvalue weighted by atomic mass is 16.3. The second-order valence-corrected chi connectivity index (χ2v) is 5.83. The van der Waals surface area contributed by atoms with Gasteiger partial charge in [-0.15, -0.1) is 0 Å². The fourth-order valence-corrected chi connectivity index (χ4v) is 2.70. The first-order chi connectivity index (χ1) is 6.63. The molecule has 2 rings (SSSR count). The lowest BCUT2D eigenvalue weighted by Crippen LogP contribution is -2.34. The van der Waals surface area contributed by atoms with E-state index in [2.05, 4.69) is 13.8 Å². The average molecular weight is 196 g/mol. The van der Waals surface area contributed by atoms with Crippen molar-refractivity contribution in [3.05, 3.63) is 0 Å². The Morgan fingerprint density at radius 2 is 1.64 bits per heavy atom. The second-order valence-electron chi connectivity index (χ2n) is 5.83. The van der Waals surface area contributed by atoms with Crippen molar-refractivity contribution >= 4 is 0 Å². The Balaban J connectivity index is 1.79. The van der Waals surface area contributed by atoms with Crippen molar-refractivity contribution in [3.8, 4) is 0 Å². The van der Waals surface area contributed by atoms with Crippen LogP contribution in [0.2, 0.25) is 0 Å². The monoisotopic (exact) mass is 196 g/mol. The van der Waals surface area contributed by atoms with Gasteiger partial charge in [0.15, 0.2) is 0 Å². The van der Waals surface area contributed by atoms with E-state index in [1.165, 1.54) is 38.5 Å². The van der Waals surface area contributed by atoms with E-state index in [-0.39, 0.29) is 5.60 Å². The molecule has 0 amide bonds. The quantitative estimate of drug-likeness (QED) is 0.690. The van der Waals surface area contributed by atoms with Gasteiger partial charge in [0.2, 0.25) is 0 Å². The molecule has 0 aromatic heterocycles. The maximum absolute atomic E-state index is 10.6. The first-order valence-electron chi connectivity index (χ1n) is 6.35. The Morgan fingerprint density at radius 3 is 2.00 bits per heavy atom. The van der Waals surface area contributed by atoms with Crippen LogP contribution >= 0.6 is 0 Å². The molecule has 2 aliphatic rings. The summed E-state index contributed by atoms with van der Waals surface area (Å²) in [5.41, 5.74) is -0.241. The molecule has 1 N–H and O–H groups in total. The minimum atomic E-state index is -0.241. The van der Waals surface area contributed by atoms with E-state index < -0.39 is 0 Å². The van der Waals surface area contributed by atoms with Gasteiger partial charge >= 0.3 is 0 Å². The van der Waals surface area contributed by atoms with Gasteiger partial charge in [-0.1, -0.05) is 26.7 Å². The first kappa shape index (κ1) is 10.5. The summed E-state index contributed by atoms with van der Waals surface area (Å²) < 4.78 is 0. The number of hydrogen-bond donors (Lipinski definition) is 1. The Hall–Kier alpha value is -0.0400. The van der Waals surface area contributed by atoms with Crippen molar-refractivity contribution in [3.63, 3.8) is 0 Å². The second kappa shape index (κ2) is 3.84. The molecule has 14 heavy (non-hydrogen) atoms. The fourth-order valence-electron chi connectivity index (χ4n) is 2.70. The van der Waals surface area contributed by atoms with Crippen LogP contribution in [0, 0.1) is 17.8 Å². The molecule has 82 valence electrons. The van der Waals surface area contributed by atoms with Gasteiger partial charge < -0.3 is 5.11 Å². The predicted molar refractivity (Wildman–Crippen MR) is 59.1 cm³/mol. The van der Waals surface area contributed by atoms with Crippen molar-refractivity contribution in [1.29, 1.82) is 0 Å². The molecule has 2 fully saturated rings. The van der Waals surface area contributed by atoms with Crippen molar-refractivity contribution < 1.29 is 5.11 Å². The fraction of sp³-hybridized carbons (Fsp3) is 1.00. The Morgan fingerprint density at radius 1 is 1.14 bits per heavy atom. The van der Waals surface area contributed by atoms with Gasteiger partial charge in [0.1, 0.15) is 0 Å². The van der Waals surface area contributed by atoms with Crippen molar-refractivity contribution in [2.45, 2.75) is 64.4 Å². The molecule has 0 radical (unpaired) electrons. The summed E-state index contributed by atoms with van der Waals surface area (Å²) in [7, 11) is 0. The standard InChI is InChI=1S/C13H24O/c1-10(2)4-3-9-13(14,11-5-6-11)12-7-8-12/h10-12,14H,3-9H2,1-2H3. The van der Waals surface area contributed by atoms with E-state index in [1.807, 2.05) is 0 Å². The molecule has 0 aliphatic heterocycles. The summed E-state index contributed by atoms with van der Waals surface area (Å²) in [5.74, 6) is 2.13. The molecular weight excluding hydrogens is 172 g/mol. The minimum Gasteiger partial charge on any atom is -0.389 e. The zero-order valence-corrected chi connectivity index (χ0v) is 9.63. The first-order valence-corrected chi connectivity index (χ1v) is 6.35. The van der Waals surface area contributed by atoms with Crippen LogP contribution in [0.15, 0.2) is 0 Å². The van der Waals surface area contributed by atoms with E-state index in [0.717, 1.165) is 12.3 Å². The molecule has 0 aromatic carbocycles. The topological polar surface area (TPSA) is 20.2 Å². The average Bonchev–Trinajstić information content (AvgIpc) is 2.96. The smallest absolute Gasteiger partial charge is 0.0703 e. The van der Waals surface area contributed by atoms with Crippen LogP contribution < -0.4 is 0 Å². The molecule has 0 unspecified atom stereocenters. The lowest BCUT2D eigenvalue weighted by atomic mass is 9.85. The zero-order chi connectivity index (χ0) is 10.2. The Bertz CT molecular complexity index is 177. The minimum absolute atomic E-state index is 0.241. The summed E-state index contributed by atoms with van der Waals surface area (Å²) in [5, 5.41) is 10.6. The van der Waals surface area contributed by atoms with Crippen LogP contribution in [0.4, 0.5) is 0 Å². The summed E-state index contributed by atoms with van der Waals surface area (Å²) >= 11 is 0. The third kappa shape index (κ3) is 2.31. The zero-order valence-electron chi connectivity index (χ0n) is 9.63. The predicted octanol–water partition coefficient (Wildman–Crippen LogP) is 3.36. The SMILES string of the molecule is CC(C)CCCC(O)(C1CC1)C1CC1. The molecule has 0 spiro atoms. The summed E-state index contributed by atoms with van der Waals surface area (Å²) in [6.07, 6.45) is 8.72. The highest BCUT2D eigenvalue weighted by Gasteiger charge is 2.52. The van der Waals surface area contributed by atoms with Crippen LogP contribution in [-0.2, 0) is 0 Å². The maximum atomic E-state index is 10.6. The third-order valence-corrected chi connectivity index (χ3v) is 3.93. The molecule has 0 aromatic rings. The number of rotatable bonds is 6. The molecule has 0 atom stereocenters. The Kier molecular flexibility index (Phi) is 2.88. The highest BCUT2D eigenvalue weighted by molar-refractivity contribution is 5.03. The largest absolute Gasteiger partial charge is 0.389 e. The van der Waals surface area contributed by atoms with Crippen LogP contribution in [-0.4, -0.2) is 10.7 Å². The van der Waals surface area contributed by atoms with E-state index >= 15 is 0 Å². The molecule has 0 heterocycles. The van der Waals surface area contributed by atoms with Crippen molar-refractivity contribution in [1.82, 2.24) is 0 Å². The molecule has 1 heteroatoms. The van der Waals surface area contributed by atoms with Gasteiger partial charge in [-0.25, -0.2) is 0 Å². The lowest BCUT2D eigenvalue weighted by molar-refractivity contribution is -0.0156. The molecule has 2 saturated carbocycles. The van der Waals surface area contributed by atoms with E-state index in [4.69, 9.17) is 0 Å². The maximum Gasteiger partial charge on any atom is 0.0703 e. The van der Waals surface area contributed by atoms with Crippen LogP contribution in [0.1, 0.15) is 58.8 Å². The van der Waals surface area contributed by atoms with Gasteiger partial charge in [-0.2, -0.15) is 0 Å². The normalized spacial score (nSPS) is 23.1. The summed E-state index contributed by atoms with van der Waals surface area (Å²) in [6.45, 7) is 4.54. The molecule has 1 nitrogen and oxygen atoms in total. The van der Waals surface area contributed by atoms with Crippen molar-refractivity contribution in [2.24, 2.45) is 17.8 Å². The molecule has 2 aliphatic carbocycles. The van der Waals surface area contributed by atoms with Crippen LogP contribution in [0.5, 0.6) is 0 Å². The molecule has 0 bridgehead atoms. The van der Waals surface area contributed by atoms with Gasteiger partial charge in [0, 0.05) is 0 Å². The lowest BCUT2D eigenvalue weighted by Gasteiger charge is -2.28. The summed E-state index contributed by atoms with van der Waals surface area (Å²) in [4.78, 5) is 0. The number of hydrogen-bond acceptors (Lipinski definition) is 1. The van der Waals surface area contributed by atoms with Crippen molar-refractivity contribution in [2.75, 3.05) is 0 Å². The van der Waals surface area contributed by atoms with E-state index in [0.29, 0.717) is 11.8 Å². The van der Waals surface area contributed by atoms with Crippen LogP contribution in [0.3, 0.4) is 0 Å². The van der Waals surface area contributed by atoms with E-state index in [1.54, 1.807) is 0 Å². The van der Waals surface area contributed by atoms with Crippen LogP contribution in [0.25, 0.3) is 0 Å². The molecular formula is C13H24O. The van der Waals surface area contributed by atoms with Gasteiger partial charge in [-0.3, -0.25) is 0 Å². The van der Waals surface area contributed by atoms with Gasteiger partial charge in [0.25, 0.3) is 0 Å². The Labute approximate surface area is 87.9 Å². The van der Waals surface area contributed by atoms with E-state index in [9.17, 15) is 5.11 Å². The van der Waals surface area contributed by atoms with Gasteiger partial charge in [0.05, 0.1) is 5.60 Å².